The Morgan fingerprint density at radius 1 is 1.17 bits per heavy atom. The Morgan fingerprint density at radius 2 is 1.83 bits per heavy atom. The molecule has 0 atom stereocenters. The van der Waals surface area contributed by atoms with E-state index in [2.05, 4.69) is 22.1 Å². The van der Waals surface area contributed by atoms with Crippen LogP contribution in [-0.2, 0) is 6.54 Å². The molecule has 0 saturated heterocycles. The molecule has 5 heteroatoms. The predicted octanol–water partition coefficient (Wildman–Crippen LogP) is 3.00. The van der Waals surface area contributed by atoms with E-state index in [1.54, 1.807) is 17.3 Å². The number of rotatable bonds is 5. The first kappa shape index (κ1) is 16.4. The molecular weight excluding hydrogens is 300 g/mol. The summed E-state index contributed by atoms with van der Waals surface area (Å²) >= 11 is 0. The van der Waals surface area contributed by atoms with E-state index in [9.17, 15) is 4.79 Å². The summed E-state index contributed by atoms with van der Waals surface area (Å²) in [6.07, 6.45) is 5.94. The molecule has 5 nitrogen and oxygen atoms in total. The number of aromatic nitrogens is 2. The number of aryl methyl sites for hydroxylation is 1. The van der Waals surface area contributed by atoms with Crippen molar-refractivity contribution in [2.75, 3.05) is 26.0 Å². The number of carbonyl (C=O) groups excluding carboxylic acids is 1. The zero-order valence-electron chi connectivity index (χ0n) is 14.8. The standard InChI is InChI=1S/C19H24N4O/c1-13-5-8-16(15-6-7-15)17(9-13)18(24)23(4)12-14-10-20-19(21-11-14)22(2)3/h5,8-11,15H,6-7,12H2,1-4H3. The van der Waals surface area contributed by atoms with E-state index in [1.165, 1.54) is 18.4 Å². The minimum absolute atomic E-state index is 0.0669. The van der Waals surface area contributed by atoms with Crippen molar-refractivity contribution >= 4 is 11.9 Å². The molecule has 126 valence electrons. The summed E-state index contributed by atoms with van der Waals surface area (Å²) < 4.78 is 0. The summed E-state index contributed by atoms with van der Waals surface area (Å²) in [6, 6.07) is 6.22. The predicted molar refractivity (Wildman–Crippen MR) is 95.3 cm³/mol. The molecule has 1 aliphatic rings. The number of carbonyl (C=O) groups is 1. The van der Waals surface area contributed by atoms with Crippen LogP contribution in [0.1, 0.15) is 45.8 Å². The molecule has 1 aromatic carbocycles. The Hall–Kier alpha value is -2.43. The van der Waals surface area contributed by atoms with Crippen molar-refractivity contribution in [2.24, 2.45) is 0 Å². The third-order valence-electron chi connectivity index (χ3n) is 4.31. The first-order valence-corrected chi connectivity index (χ1v) is 8.30. The molecule has 0 spiro atoms. The largest absolute Gasteiger partial charge is 0.347 e. The second-order valence-corrected chi connectivity index (χ2v) is 6.81. The molecule has 0 N–H and O–H groups in total. The molecule has 1 aromatic heterocycles. The van der Waals surface area contributed by atoms with Crippen LogP contribution in [0.5, 0.6) is 0 Å². The van der Waals surface area contributed by atoms with Crippen LogP contribution < -0.4 is 4.90 Å². The van der Waals surface area contributed by atoms with Crippen LogP contribution in [0.2, 0.25) is 0 Å². The third kappa shape index (κ3) is 3.55. The fourth-order valence-corrected chi connectivity index (χ4v) is 2.82. The summed E-state index contributed by atoms with van der Waals surface area (Å²) in [5, 5.41) is 0. The Balaban J connectivity index is 1.76. The molecule has 0 unspecified atom stereocenters. The molecule has 1 amide bonds. The monoisotopic (exact) mass is 324 g/mol. The van der Waals surface area contributed by atoms with Crippen LogP contribution in [0.3, 0.4) is 0 Å². The van der Waals surface area contributed by atoms with Gasteiger partial charge in [0.15, 0.2) is 0 Å². The molecular formula is C19H24N4O. The number of benzene rings is 1. The highest BCUT2D eigenvalue weighted by molar-refractivity contribution is 5.96. The molecule has 1 heterocycles. The first-order valence-electron chi connectivity index (χ1n) is 8.30. The molecule has 1 aliphatic carbocycles. The van der Waals surface area contributed by atoms with Gasteiger partial charge in [0.2, 0.25) is 5.95 Å². The number of hydrogen-bond acceptors (Lipinski definition) is 4. The summed E-state index contributed by atoms with van der Waals surface area (Å²) in [4.78, 5) is 25.1. The van der Waals surface area contributed by atoms with Gasteiger partial charge < -0.3 is 9.80 Å². The van der Waals surface area contributed by atoms with Crippen molar-refractivity contribution in [3.05, 3.63) is 52.8 Å². The Morgan fingerprint density at radius 3 is 2.42 bits per heavy atom. The SMILES string of the molecule is Cc1ccc(C2CC2)c(C(=O)N(C)Cc2cnc(N(C)C)nc2)c1. The Kier molecular flexibility index (Phi) is 4.51. The summed E-state index contributed by atoms with van der Waals surface area (Å²) in [5.41, 5.74) is 4.08. The van der Waals surface area contributed by atoms with Crippen LogP contribution >= 0.6 is 0 Å². The topological polar surface area (TPSA) is 49.3 Å². The zero-order chi connectivity index (χ0) is 17.3. The zero-order valence-corrected chi connectivity index (χ0v) is 14.8. The van der Waals surface area contributed by atoms with Gasteiger partial charge in [0, 0.05) is 51.2 Å². The van der Waals surface area contributed by atoms with E-state index in [-0.39, 0.29) is 5.91 Å². The lowest BCUT2D eigenvalue weighted by Gasteiger charge is -2.20. The van der Waals surface area contributed by atoms with Crippen molar-refractivity contribution in [1.29, 1.82) is 0 Å². The molecule has 0 aliphatic heterocycles. The third-order valence-corrected chi connectivity index (χ3v) is 4.31. The van der Waals surface area contributed by atoms with Gasteiger partial charge in [0.05, 0.1) is 0 Å². The van der Waals surface area contributed by atoms with Gasteiger partial charge in [-0.2, -0.15) is 0 Å². The van der Waals surface area contributed by atoms with E-state index >= 15 is 0 Å². The lowest BCUT2D eigenvalue weighted by atomic mass is 9.99. The molecule has 0 bridgehead atoms. The maximum atomic E-state index is 12.9. The average molecular weight is 324 g/mol. The van der Waals surface area contributed by atoms with Gasteiger partial charge >= 0.3 is 0 Å². The van der Waals surface area contributed by atoms with E-state index in [0.717, 1.165) is 16.7 Å². The summed E-state index contributed by atoms with van der Waals surface area (Å²) in [6.45, 7) is 2.53. The van der Waals surface area contributed by atoms with Crippen molar-refractivity contribution in [1.82, 2.24) is 14.9 Å². The van der Waals surface area contributed by atoms with Gasteiger partial charge in [0.1, 0.15) is 0 Å². The number of amides is 1. The Bertz CT molecular complexity index is 736. The normalized spacial score (nSPS) is 13.7. The van der Waals surface area contributed by atoms with E-state index in [0.29, 0.717) is 18.4 Å². The molecule has 2 aromatic rings. The van der Waals surface area contributed by atoms with Crippen LogP contribution in [0.15, 0.2) is 30.6 Å². The van der Waals surface area contributed by atoms with E-state index in [1.807, 2.05) is 39.0 Å². The lowest BCUT2D eigenvalue weighted by molar-refractivity contribution is 0.0783. The fourth-order valence-electron chi connectivity index (χ4n) is 2.82. The van der Waals surface area contributed by atoms with E-state index < -0.39 is 0 Å². The lowest BCUT2D eigenvalue weighted by Crippen LogP contribution is -2.27. The maximum absolute atomic E-state index is 12.9. The fraction of sp³-hybridized carbons (Fsp3) is 0.421. The highest BCUT2D eigenvalue weighted by atomic mass is 16.2. The minimum atomic E-state index is 0.0669. The van der Waals surface area contributed by atoms with Gasteiger partial charge in [-0.1, -0.05) is 17.7 Å². The van der Waals surface area contributed by atoms with Crippen LogP contribution in [0.4, 0.5) is 5.95 Å². The van der Waals surface area contributed by atoms with Gasteiger partial charge in [-0.3, -0.25) is 4.79 Å². The van der Waals surface area contributed by atoms with Crippen LogP contribution in [0, 0.1) is 6.92 Å². The van der Waals surface area contributed by atoms with Crippen molar-refractivity contribution in [3.63, 3.8) is 0 Å². The van der Waals surface area contributed by atoms with Crippen LogP contribution in [-0.4, -0.2) is 41.9 Å². The average Bonchev–Trinajstić information content (AvgIpc) is 3.39. The number of anilines is 1. The van der Waals surface area contributed by atoms with Gasteiger partial charge in [-0.15, -0.1) is 0 Å². The van der Waals surface area contributed by atoms with Gasteiger partial charge in [-0.25, -0.2) is 9.97 Å². The summed E-state index contributed by atoms with van der Waals surface area (Å²) in [5.74, 6) is 1.29. The second-order valence-electron chi connectivity index (χ2n) is 6.81. The van der Waals surface area contributed by atoms with Crippen molar-refractivity contribution in [3.8, 4) is 0 Å². The molecule has 0 radical (unpaired) electrons. The highest BCUT2D eigenvalue weighted by Gasteiger charge is 2.28. The number of hydrogen-bond donors (Lipinski definition) is 0. The molecule has 1 saturated carbocycles. The van der Waals surface area contributed by atoms with Gasteiger partial charge in [-0.05, 0) is 37.3 Å². The van der Waals surface area contributed by atoms with Gasteiger partial charge in [0.25, 0.3) is 5.91 Å². The minimum Gasteiger partial charge on any atom is -0.347 e. The highest BCUT2D eigenvalue weighted by Crippen LogP contribution is 2.42. The second kappa shape index (κ2) is 6.59. The number of nitrogens with zero attached hydrogens (tertiary/aromatic N) is 4. The van der Waals surface area contributed by atoms with Crippen molar-refractivity contribution in [2.45, 2.75) is 32.2 Å². The van der Waals surface area contributed by atoms with E-state index in [4.69, 9.17) is 0 Å². The quantitative estimate of drug-likeness (QED) is 0.848. The molecule has 3 rings (SSSR count). The Labute approximate surface area is 143 Å². The van der Waals surface area contributed by atoms with Crippen LogP contribution in [0.25, 0.3) is 0 Å². The molecule has 24 heavy (non-hydrogen) atoms. The summed E-state index contributed by atoms with van der Waals surface area (Å²) in [7, 11) is 5.64. The van der Waals surface area contributed by atoms with Crippen molar-refractivity contribution < 1.29 is 4.79 Å². The first-order chi connectivity index (χ1) is 11.5. The molecule has 1 fully saturated rings. The maximum Gasteiger partial charge on any atom is 0.254 e. The smallest absolute Gasteiger partial charge is 0.254 e.